The maximum Gasteiger partial charge on any atom is 0.254 e. The van der Waals surface area contributed by atoms with Gasteiger partial charge in [0.1, 0.15) is 0 Å². The third kappa shape index (κ3) is 1.91. The fourth-order valence-corrected chi connectivity index (χ4v) is 2.51. The molecule has 0 fully saturated rings. The molecule has 2 rings (SSSR count). The number of carbonyl (C=O) groups excluding carboxylic acids is 1. The first kappa shape index (κ1) is 13.1. The van der Waals surface area contributed by atoms with E-state index >= 15 is 0 Å². The lowest BCUT2D eigenvalue weighted by Gasteiger charge is -2.43. The highest BCUT2D eigenvalue weighted by atomic mass is 16.3. The summed E-state index contributed by atoms with van der Waals surface area (Å²) in [6, 6.07) is 7.52. The van der Waals surface area contributed by atoms with Crippen molar-refractivity contribution in [1.82, 2.24) is 4.90 Å². The highest BCUT2D eigenvalue weighted by Gasteiger charge is 2.39. The van der Waals surface area contributed by atoms with E-state index in [-0.39, 0.29) is 19.1 Å². The summed E-state index contributed by atoms with van der Waals surface area (Å²) >= 11 is 0. The Kier molecular flexibility index (Phi) is 3.68. The smallest absolute Gasteiger partial charge is 0.254 e. The predicted molar refractivity (Wildman–Crippen MR) is 68.4 cm³/mol. The van der Waals surface area contributed by atoms with E-state index in [1.54, 1.807) is 11.0 Å². The van der Waals surface area contributed by atoms with E-state index in [0.29, 0.717) is 18.5 Å². The van der Waals surface area contributed by atoms with Gasteiger partial charge in [-0.3, -0.25) is 4.79 Å². The second kappa shape index (κ2) is 5.08. The van der Waals surface area contributed by atoms with Gasteiger partial charge in [0.05, 0.1) is 18.8 Å². The van der Waals surface area contributed by atoms with Crippen LogP contribution in [0.3, 0.4) is 0 Å². The maximum absolute atomic E-state index is 12.4. The summed E-state index contributed by atoms with van der Waals surface area (Å²) in [6.45, 7) is 1.99. The standard InChI is InChI=1S/C14H19NO3/c1-2-14(9-16,10-17)15-8-7-11-5-3-4-6-12(11)13(15)18/h3-6,16-17H,2,7-10H2,1H3. The first-order valence-electron chi connectivity index (χ1n) is 6.30. The largest absolute Gasteiger partial charge is 0.394 e. The number of hydrogen-bond acceptors (Lipinski definition) is 3. The minimum atomic E-state index is -0.843. The number of nitrogens with zero attached hydrogens (tertiary/aromatic N) is 1. The number of amides is 1. The van der Waals surface area contributed by atoms with Crippen LogP contribution in [-0.2, 0) is 6.42 Å². The van der Waals surface area contributed by atoms with Crippen molar-refractivity contribution >= 4 is 5.91 Å². The summed E-state index contributed by atoms with van der Waals surface area (Å²) in [5, 5.41) is 19.1. The Balaban J connectivity index is 2.37. The number of aliphatic hydroxyl groups excluding tert-OH is 2. The van der Waals surface area contributed by atoms with Crippen LogP contribution < -0.4 is 0 Å². The lowest BCUT2D eigenvalue weighted by molar-refractivity contribution is -0.00981. The molecule has 0 saturated carbocycles. The zero-order valence-corrected chi connectivity index (χ0v) is 10.6. The van der Waals surface area contributed by atoms with Crippen molar-refractivity contribution in [2.75, 3.05) is 19.8 Å². The molecule has 0 bridgehead atoms. The van der Waals surface area contributed by atoms with Crippen LogP contribution in [0.4, 0.5) is 0 Å². The number of aliphatic hydroxyl groups is 2. The number of fused-ring (bicyclic) bond motifs is 1. The summed E-state index contributed by atoms with van der Waals surface area (Å²) in [5.41, 5.74) is 0.882. The Morgan fingerprint density at radius 1 is 1.28 bits per heavy atom. The molecule has 0 atom stereocenters. The van der Waals surface area contributed by atoms with Crippen molar-refractivity contribution in [2.24, 2.45) is 0 Å². The Bertz CT molecular complexity index is 432. The SMILES string of the molecule is CCC(CO)(CO)N1CCc2ccccc2C1=O. The predicted octanol–water partition coefficient (Wildman–Crippen LogP) is 0.818. The zero-order chi connectivity index (χ0) is 13.2. The highest BCUT2D eigenvalue weighted by molar-refractivity contribution is 5.97. The highest BCUT2D eigenvalue weighted by Crippen LogP contribution is 2.27. The maximum atomic E-state index is 12.4. The van der Waals surface area contributed by atoms with Crippen LogP contribution >= 0.6 is 0 Å². The molecule has 98 valence electrons. The first-order chi connectivity index (χ1) is 8.68. The second-order valence-electron chi connectivity index (χ2n) is 4.76. The molecule has 1 heterocycles. The monoisotopic (exact) mass is 249 g/mol. The molecule has 4 nitrogen and oxygen atoms in total. The fourth-order valence-electron chi connectivity index (χ4n) is 2.51. The van der Waals surface area contributed by atoms with Gasteiger partial charge < -0.3 is 15.1 Å². The molecule has 4 heteroatoms. The van der Waals surface area contributed by atoms with E-state index < -0.39 is 5.54 Å². The molecule has 0 saturated heterocycles. The van der Waals surface area contributed by atoms with Crippen LogP contribution in [0.2, 0.25) is 0 Å². The van der Waals surface area contributed by atoms with Crippen molar-refractivity contribution in [2.45, 2.75) is 25.3 Å². The molecule has 18 heavy (non-hydrogen) atoms. The fraction of sp³-hybridized carbons (Fsp3) is 0.500. The second-order valence-corrected chi connectivity index (χ2v) is 4.76. The van der Waals surface area contributed by atoms with Crippen LogP contribution in [0.15, 0.2) is 24.3 Å². The van der Waals surface area contributed by atoms with Crippen molar-refractivity contribution in [3.63, 3.8) is 0 Å². The van der Waals surface area contributed by atoms with E-state index in [9.17, 15) is 15.0 Å². The summed E-state index contributed by atoms with van der Waals surface area (Å²) in [4.78, 5) is 14.1. The molecule has 1 amide bonds. The minimum absolute atomic E-state index is 0.0956. The molecule has 1 aliphatic heterocycles. The third-order valence-electron chi connectivity index (χ3n) is 3.92. The normalized spacial score (nSPS) is 15.7. The van der Waals surface area contributed by atoms with Gasteiger partial charge in [0, 0.05) is 12.1 Å². The minimum Gasteiger partial charge on any atom is -0.394 e. The van der Waals surface area contributed by atoms with Crippen LogP contribution in [0.25, 0.3) is 0 Å². The average Bonchev–Trinajstić information content (AvgIpc) is 2.43. The first-order valence-corrected chi connectivity index (χ1v) is 6.30. The summed E-state index contributed by atoms with van der Waals surface area (Å²) in [7, 11) is 0. The lowest BCUT2D eigenvalue weighted by atomic mass is 9.90. The Morgan fingerprint density at radius 2 is 1.94 bits per heavy atom. The molecule has 0 unspecified atom stereocenters. The lowest BCUT2D eigenvalue weighted by Crippen LogP contribution is -2.58. The van der Waals surface area contributed by atoms with Gasteiger partial charge in [-0.25, -0.2) is 0 Å². The van der Waals surface area contributed by atoms with Gasteiger partial charge in [0.25, 0.3) is 5.91 Å². The topological polar surface area (TPSA) is 60.8 Å². The van der Waals surface area contributed by atoms with E-state index in [2.05, 4.69) is 0 Å². The van der Waals surface area contributed by atoms with E-state index in [4.69, 9.17) is 0 Å². The molecule has 1 aliphatic rings. The van der Waals surface area contributed by atoms with Gasteiger partial charge in [-0.15, -0.1) is 0 Å². The zero-order valence-electron chi connectivity index (χ0n) is 10.6. The van der Waals surface area contributed by atoms with E-state index in [1.807, 2.05) is 25.1 Å². The summed E-state index contributed by atoms with van der Waals surface area (Å²) in [5.74, 6) is -0.0956. The molecule has 2 N–H and O–H groups in total. The molecule has 0 spiro atoms. The summed E-state index contributed by atoms with van der Waals surface area (Å²) in [6.07, 6.45) is 1.30. The molecule has 0 aliphatic carbocycles. The molecule has 1 aromatic carbocycles. The molecular weight excluding hydrogens is 230 g/mol. The summed E-state index contributed by atoms with van der Waals surface area (Å²) < 4.78 is 0. The number of rotatable bonds is 4. The molecule has 0 aromatic heterocycles. The third-order valence-corrected chi connectivity index (χ3v) is 3.92. The van der Waals surface area contributed by atoms with Gasteiger partial charge in [-0.2, -0.15) is 0 Å². The van der Waals surface area contributed by atoms with Crippen LogP contribution in [0, 0.1) is 0 Å². The van der Waals surface area contributed by atoms with Crippen LogP contribution in [-0.4, -0.2) is 46.3 Å². The van der Waals surface area contributed by atoms with Crippen LogP contribution in [0.5, 0.6) is 0 Å². The number of benzene rings is 1. The molecule has 0 radical (unpaired) electrons. The number of hydrogen-bond donors (Lipinski definition) is 2. The Hall–Kier alpha value is -1.39. The quantitative estimate of drug-likeness (QED) is 0.830. The van der Waals surface area contributed by atoms with E-state index in [1.165, 1.54) is 0 Å². The van der Waals surface area contributed by atoms with Gasteiger partial charge in [0.15, 0.2) is 0 Å². The average molecular weight is 249 g/mol. The van der Waals surface area contributed by atoms with Gasteiger partial charge >= 0.3 is 0 Å². The van der Waals surface area contributed by atoms with Crippen molar-refractivity contribution in [1.29, 1.82) is 0 Å². The molecular formula is C14H19NO3. The van der Waals surface area contributed by atoms with E-state index in [0.717, 1.165) is 12.0 Å². The Morgan fingerprint density at radius 3 is 2.56 bits per heavy atom. The van der Waals surface area contributed by atoms with Gasteiger partial charge in [-0.05, 0) is 24.5 Å². The van der Waals surface area contributed by atoms with Crippen molar-refractivity contribution < 1.29 is 15.0 Å². The van der Waals surface area contributed by atoms with Gasteiger partial charge in [0.2, 0.25) is 0 Å². The van der Waals surface area contributed by atoms with Crippen molar-refractivity contribution in [3.05, 3.63) is 35.4 Å². The Labute approximate surface area is 107 Å². The van der Waals surface area contributed by atoms with Crippen LogP contribution in [0.1, 0.15) is 29.3 Å². The van der Waals surface area contributed by atoms with Crippen molar-refractivity contribution in [3.8, 4) is 0 Å². The van der Waals surface area contributed by atoms with Gasteiger partial charge in [-0.1, -0.05) is 25.1 Å². The number of carbonyl (C=O) groups is 1. The molecule has 1 aromatic rings.